The van der Waals surface area contributed by atoms with Crippen molar-refractivity contribution in [1.82, 2.24) is 15.1 Å². The second-order valence-corrected chi connectivity index (χ2v) is 6.39. The number of benzene rings is 1. The minimum Gasteiger partial charge on any atom is -0.497 e. The SMILES string of the molecule is CCNC(=NCC(c1ccco1)N(C)C)N(C)Cc1ccc(OC)cc1.I. The summed E-state index contributed by atoms with van der Waals surface area (Å²) in [5, 5.41) is 3.37. The van der Waals surface area contributed by atoms with Crippen molar-refractivity contribution in [3.05, 3.63) is 54.0 Å². The third-order valence-electron chi connectivity index (χ3n) is 4.18. The summed E-state index contributed by atoms with van der Waals surface area (Å²) in [6.07, 6.45) is 1.70. The zero-order valence-electron chi connectivity index (χ0n) is 16.8. The summed E-state index contributed by atoms with van der Waals surface area (Å²) in [6, 6.07) is 12.1. The topological polar surface area (TPSA) is 53.2 Å². The molecule has 7 heteroatoms. The van der Waals surface area contributed by atoms with Crippen LogP contribution < -0.4 is 10.1 Å². The number of nitrogens with one attached hydrogen (secondary N) is 1. The molecule has 0 aliphatic rings. The Kier molecular flexibility index (Phi) is 10.2. The number of guanidine groups is 1. The van der Waals surface area contributed by atoms with Crippen LogP contribution in [0.15, 0.2) is 52.1 Å². The molecular weight excluding hydrogens is 455 g/mol. The summed E-state index contributed by atoms with van der Waals surface area (Å²) in [5.74, 6) is 2.67. The standard InChI is InChI=1S/C20H30N4O2.HI/c1-6-21-20(22-14-18(23(2)3)19-8-7-13-26-19)24(4)15-16-9-11-17(25-5)12-10-16;/h7-13,18H,6,14-15H2,1-5H3,(H,21,22);1H. The smallest absolute Gasteiger partial charge is 0.194 e. The largest absolute Gasteiger partial charge is 0.497 e. The molecule has 0 saturated heterocycles. The lowest BCUT2D eigenvalue weighted by Crippen LogP contribution is -2.39. The molecule has 2 rings (SSSR count). The molecule has 0 bridgehead atoms. The average Bonchev–Trinajstić information content (AvgIpc) is 3.15. The monoisotopic (exact) mass is 486 g/mol. The highest BCUT2D eigenvalue weighted by atomic mass is 127. The van der Waals surface area contributed by atoms with Crippen molar-refractivity contribution in [2.75, 3.05) is 41.3 Å². The summed E-state index contributed by atoms with van der Waals surface area (Å²) in [5.41, 5.74) is 1.20. The molecule has 0 aliphatic heterocycles. The fourth-order valence-corrected chi connectivity index (χ4v) is 2.71. The number of hydrogen-bond donors (Lipinski definition) is 1. The molecule has 1 heterocycles. The van der Waals surface area contributed by atoms with Crippen LogP contribution in [0.5, 0.6) is 5.75 Å². The van der Waals surface area contributed by atoms with E-state index >= 15 is 0 Å². The van der Waals surface area contributed by atoms with Crippen molar-refractivity contribution in [1.29, 1.82) is 0 Å². The Morgan fingerprint density at radius 3 is 2.41 bits per heavy atom. The predicted octanol–water partition coefficient (Wildman–Crippen LogP) is 3.61. The Morgan fingerprint density at radius 1 is 1.19 bits per heavy atom. The van der Waals surface area contributed by atoms with Crippen LogP contribution in [0.25, 0.3) is 0 Å². The number of likely N-dealkylation sites (N-methyl/N-ethyl adjacent to an activating group) is 1. The van der Waals surface area contributed by atoms with Gasteiger partial charge in [0.2, 0.25) is 0 Å². The van der Waals surface area contributed by atoms with Crippen molar-refractivity contribution in [2.45, 2.75) is 19.5 Å². The average molecular weight is 486 g/mol. The molecule has 0 aliphatic carbocycles. The number of aliphatic imine (C=N–C) groups is 1. The van der Waals surface area contributed by atoms with Gasteiger partial charge in [0, 0.05) is 20.1 Å². The molecule has 1 unspecified atom stereocenters. The predicted molar refractivity (Wildman–Crippen MR) is 121 cm³/mol. The lowest BCUT2D eigenvalue weighted by Gasteiger charge is -2.25. The molecule has 0 radical (unpaired) electrons. The molecule has 1 aromatic heterocycles. The first-order valence-corrected chi connectivity index (χ1v) is 8.87. The third-order valence-corrected chi connectivity index (χ3v) is 4.18. The molecule has 1 atom stereocenters. The second kappa shape index (κ2) is 11.9. The maximum Gasteiger partial charge on any atom is 0.194 e. The highest BCUT2D eigenvalue weighted by Crippen LogP contribution is 2.19. The molecule has 2 aromatic rings. The minimum atomic E-state index is 0. The van der Waals surface area contributed by atoms with E-state index < -0.39 is 0 Å². The summed E-state index contributed by atoms with van der Waals surface area (Å²) < 4.78 is 10.8. The Bertz CT molecular complexity index is 672. The van der Waals surface area contributed by atoms with E-state index in [1.54, 1.807) is 13.4 Å². The van der Waals surface area contributed by atoms with Crippen LogP contribution in [0.3, 0.4) is 0 Å². The van der Waals surface area contributed by atoms with Gasteiger partial charge in [0.25, 0.3) is 0 Å². The van der Waals surface area contributed by atoms with Crippen molar-refractivity contribution in [2.24, 2.45) is 4.99 Å². The quantitative estimate of drug-likeness (QED) is 0.351. The van der Waals surface area contributed by atoms with Crippen molar-refractivity contribution < 1.29 is 9.15 Å². The van der Waals surface area contributed by atoms with E-state index in [1.165, 1.54) is 5.56 Å². The maximum atomic E-state index is 5.57. The summed E-state index contributed by atoms with van der Waals surface area (Å²) in [7, 11) is 7.80. The van der Waals surface area contributed by atoms with E-state index in [0.29, 0.717) is 6.54 Å². The summed E-state index contributed by atoms with van der Waals surface area (Å²) in [4.78, 5) is 9.07. The highest BCUT2D eigenvalue weighted by molar-refractivity contribution is 14.0. The lowest BCUT2D eigenvalue weighted by atomic mass is 10.2. The zero-order valence-corrected chi connectivity index (χ0v) is 19.1. The molecule has 6 nitrogen and oxygen atoms in total. The first-order chi connectivity index (χ1) is 12.5. The molecule has 1 aromatic carbocycles. The van der Waals surface area contributed by atoms with E-state index in [1.807, 2.05) is 45.4 Å². The lowest BCUT2D eigenvalue weighted by molar-refractivity contribution is 0.264. The Hall–Kier alpha value is -1.74. The summed E-state index contributed by atoms with van der Waals surface area (Å²) >= 11 is 0. The van der Waals surface area contributed by atoms with Gasteiger partial charge in [0.1, 0.15) is 11.5 Å². The number of hydrogen-bond acceptors (Lipinski definition) is 4. The van der Waals surface area contributed by atoms with Crippen LogP contribution in [0.1, 0.15) is 24.3 Å². The summed E-state index contributed by atoms with van der Waals surface area (Å²) in [6.45, 7) is 4.28. The number of rotatable bonds is 8. The van der Waals surface area contributed by atoms with Gasteiger partial charge in [-0.15, -0.1) is 24.0 Å². The van der Waals surface area contributed by atoms with Gasteiger partial charge < -0.3 is 19.4 Å². The Labute approximate surface area is 179 Å². The van der Waals surface area contributed by atoms with Crippen LogP contribution in [0.4, 0.5) is 0 Å². The van der Waals surface area contributed by atoms with E-state index in [0.717, 1.165) is 30.6 Å². The molecule has 0 saturated carbocycles. The Balaban J connectivity index is 0.00000364. The molecule has 27 heavy (non-hydrogen) atoms. The van der Waals surface area contributed by atoms with Crippen LogP contribution in [-0.2, 0) is 6.54 Å². The third kappa shape index (κ3) is 7.06. The van der Waals surface area contributed by atoms with Gasteiger partial charge in [-0.1, -0.05) is 12.1 Å². The normalized spacial score (nSPS) is 12.4. The molecule has 1 N–H and O–H groups in total. The van der Waals surface area contributed by atoms with Gasteiger partial charge in [0.05, 0.1) is 26.0 Å². The van der Waals surface area contributed by atoms with E-state index in [2.05, 4.69) is 34.2 Å². The van der Waals surface area contributed by atoms with Gasteiger partial charge in [0.15, 0.2) is 5.96 Å². The van der Waals surface area contributed by atoms with Crippen molar-refractivity contribution in [3.63, 3.8) is 0 Å². The van der Waals surface area contributed by atoms with E-state index in [4.69, 9.17) is 14.1 Å². The fourth-order valence-electron chi connectivity index (χ4n) is 2.71. The first kappa shape index (κ1) is 23.3. The van der Waals surface area contributed by atoms with E-state index in [-0.39, 0.29) is 30.0 Å². The van der Waals surface area contributed by atoms with Crippen LogP contribution >= 0.6 is 24.0 Å². The molecular formula is C20H31IN4O2. The van der Waals surface area contributed by atoms with Crippen LogP contribution in [0.2, 0.25) is 0 Å². The number of nitrogens with zero attached hydrogens (tertiary/aromatic N) is 3. The maximum absolute atomic E-state index is 5.57. The number of furan rings is 1. The molecule has 0 spiro atoms. The number of halogens is 1. The van der Waals surface area contributed by atoms with Crippen LogP contribution in [-0.4, -0.2) is 57.1 Å². The van der Waals surface area contributed by atoms with Crippen molar-refractivity contribution in [3.8, 4) is 5.75 Å². The Morgan fingerprint density at radius 2 is 1.89 bits per heavy atom. The second-order valence-electron chi connectivity index (χ2n) is 6.39. The van der Waals surface area contributed by atoms with Gasteiger partial charge in [-0.2, -0.15) is 0 Å². The van der Waals surface area contributed by atoms with Gasteiger partial charge in [-0.3, -0.25) is 9.89 Å². The molecule has 0 fully saturated rings. The number of methoxy groups -OCH3 is 1. The minimum absolute atomic E-state index is 0. The zero-order chi connectivity index (χ0) is 18.9. The fraction of sp³-hybridized carbons (Fsp3) is 0.450. The number of ether oxygens (including phenoxy) is 1. The highest BCUT2D eigenvalue weighted by Gasteiger charge is 2.17. The van der Waals surface area contributed by atoms with Crippen LogP contribution in [0, 0.1) is 0 Å². The first-order valence-electron chi connectivity index (χ1n) is 8.87. The van der Waals surface area contributed by atoms with E-state index in [9.17, 15) is 0 Å². The van der Waals surface area contributed by atoms with Crippen molar-refractivity contribution >= 4 is 29.9 Å². The van der Waals surface area contributed by atoms with Gasteiger partial charge in [-0.05, 0) is 50.8 Å². The van der Waals surface area contributed by atoms with Gasteiger partial charge >= 0.3 is 0 Å². The molecule has 150 valence electrons. The van der Waals surface area contributed by atoms with Gasteiger partial charge in [-0.25, -0.2) is 0 Å². The molecule has 0 amide bonds.